The van der Waals surface area contributed by atoms with E-state index in [1.807, 2.05) is 19.1 Å². The monoisotopic (exact) mass is 688 g/mol. The van der Waals surface area contributed by atoms with Crippen LogP contribution in [0.4, 0.5) is 0 Å². The van der Waals surface area contributed by atoms with Gasteiger partial charge in [-0.15, -0.1) is 0 Å². The summed E-state index contributed by atoms with van der Waals surface area (Å²) in [6.07, 6.45) is 6.06. The summed E-state index contributed by atoms with van der Waals surface area (Å²) in [6.45, 7) is 6.09. The molecule has 1 nitrogen and oxygen atoms in total. The molecule has 0 atom stereocenters. The minimum atomic E-state index is 0.888. The molecule has 0 fully saturated rings. The van der Waals surface area contributed by atoms with Gasteiger partial charge >= 0.3 is 0 Å². The predicted molar refractivity (Wildman–Crippen MR) is 233 cm³/mol. The van der Waals surface area contributed by atoms with Gasteiger partial charge in [0, 0.05) is 10.8 Å². The zero-order chi connectivity index (χ0) is 36.2. The van der Waals surface area contributed by atoms with Gasteiger partial charge in [-0.1, -0.05) is 164 Å². The van der Waals surface area contributed by atoms with E-state index in [1.165, 1.54) is 71.3 Å². The van der Waals surface area contributed by atoms with Gasteiger partial charge in [0.05, 0.1) is 0 Å². The third kappa shape index (κ3) is 5.17. The fraction of sp³-hybridized carbons (Fsp3) is 0.0189. The Morgan fingerprint density at radius 1 is 0.407 bits per heavy atom. The summed E-state index contributed by atoms with van der Waals surface area (Å²) in [5, 5.41) is 9.73. The van der Waals surface area contributed by atoms with E-state index in [2.05, 4.69) is 183 Å². The summed E-state index contributed by atoms with van der Waals surface area (Å²) in [5.41, 5.74) is 13.7. The zero-order valence-electron chi connectivity index (χ0n) is 30.0. The van der Waals surface area contributed by atoms with Crippen LogP contribution in [0.5, 0.6) is 0 Å². The third-order valence-electron chi connectivity index (χ3n) is 10.9. The molecule has 0 unspecified atom stereocenters. The van der Waals surface area contributed by atoms with Crippen molar-refractivity contribution in [1.82, 2.24) is 0 Å². The van der Waals surface area contributed by atoms with E-state index in [9.17, 15) is 0 Å². The lowest BCUT2D eigenvalue weighted by molar-refractivity contribution is 0.669. The van der Waals surface area contributed by atoms with Crippen molar-refractivity contribution in [2.75, 3.05) is 0 Å². The first kappa shape index (κ1) is 31.7. The SMILES string of the molecule is C=Cc1cc2c(cc1/C=C\C)oc1ccc(-c3ccc(-c4c5ccccc5c(-c5cccc(-c6cccc7ccccc67)c5)c5ccccc45)cc3)cc12. The highest BCUT2D eigenvalue weighted by atomic mass is 16.3. The summed E-state index contributed by atoms with van der Waals surface area (Å²) in [4.78, 5) is 0. The molecular formula is C53H36O. The molecule has 0 saturated carbocycles. The molecule has 0 aliphatic carbocycles. The Hall–Kier alpha value is -6.96. The first-order valence-corrected chi connectivity index (χ1v) is 18.6. The van der Waals surface area contributed by atoms with Crippen LogP contribution < -0.4 is 0 Å². The Balaban J connectivity index is 1.10. The maximum absolute atomic E-state index is 6.31. The summed E-state index contributed by atoms with van der Waals surface area (Å²) in [7, 11) is 0. The number of furan rings is 1. The van der Waals surface area contributed by atoms with Crippen molar-refractivity contribution in [1.29, 1.82) is 0 Å². The highest BCUT2D eigenvalue weighted by Gasteiger charge is 2.18. The van der Waals surface area contributed by atoms with Crippen LogP contribution in [0.3, 0.4) is 0 Å². The molecule has 0 bridgehead atoms. The molecule has 0 saturated heterocycles. The highest BCUT2D eigenvalue weighted by molar-refractivity contribution is 6.21. The van der Waals surface area contributed by atoms with Crippen LogP contribution in [0, 0.1) is 0 Å². The molecule has 0 amide bonds. The maximum Gasteiger partial charge on any atom is 0.136 e. The van der Waals surface area contributed by atoms with Crippen LogP contribution >= 0.6 is 0 Å². The first-order valence-electron chi connectivity index (χ1n) is 18.6. The minimum absolute atomic E-state index is 0.888. The number of benzene rings is 9. The largest absolute Gasteiger partial charge is 0.456 e. The van der Waals surface area contributed by atoms with Crippen LogP contribution in [0.1, 0.15) is 18.1 Å². The van der Waals surface area contributed by atoms with Crippen molar-refractivity contribution in [2.24, 2.45) is 0 Å². The average Bonchev–Trinajstić information content (AvgIpc) is 3.59. The van der Waals surface area contributed by atoms with E-state index < -0.39 is 0 Å². The van der Waals surface area contributed by atoms with Crippen molar-refractivity contribution in [3.63, 3.8) is 0 Å². The molecule has 0 N–H and O–H groups in total. The molecule has 1 heteroatoms. The van der Waals surface area contributed by atoms with E-state index >= 15 is 0 Å². The Kier molecular flexibility index (Phi) is 7.59. The quantitative estimate of drug-likeness (QED) is 0.159. The lowest BCUT2D eigenvalue weighted by atomic mass is 9.85. The standard InChI is InChI=1S/C53H36O/c1-3-13-38-33-51-49(31-34(38)4-2)48-32-39(28-29-50(48)54-51)35-24-26-37(27-25-35)52-44-19-7-9-21-46(44)53(47-22-10-8-20-45(47)52)41-17-11-16-40(30-41)43-23-12-15-36-14-5-6-18-42(36)43/h3-33H,2H2,1H3/b13-3-. The van der Waals surface area contributed by atoms with Crippen LogP contribution in [-0.4, -0.2) is 0 Å². The molecular weight excluding hydrogens is 653 g/mol. The number of hydrogen-bond acceptors (Lipinski definition) is 1. The first-order chi connectivity index (χ1) is 26.7. The van der Waals surface area contributed by atoms with E-state index in [0.29, 0.717) is 0 Å². The molecule has 0 aliphatic heterocycles. The topological polar surface area (TPSA) is 13.1 Å². The molecule has 10 aromatic rings. The van der Waals surface area contributed by atoms with Gasteiger partial charge in [0.1, 0.15) is 11.2 Å². The van der Waals surface area contributed by atoms with E-state index in [0.717, 1.165) is 38.6 Å². The van der Waals surface area contributed by atoms with Crippen molar-refractivity contribution < 1.29 is 4.42 Å². The van der Waals surface area contributed by atoms with Crippen LogP contribution in [0.25, 0.3) is 111 Å². The molecule has 0 aliphatic rings. The number of hydrogen-bond donors (Lipinski definition) is 0. The number of allylic oxidation sites excluding steroid dienone is 1. The number of fused-ring (bicyclic) bond motifs is 6. The lowest BCUT2D eigenvalue weighted by Crippen LogP contribution is -1.91. The Bertz CT molecular complexity index is 3060. The van der Waals surface area contributed by atoms with Gasteiger partial charge in [-0.25, -0.2) is 0 Å². The van der Waals surface area contributed by atoms with Gasteiger partial charge in [-0.2, -0.15) is 0 Å². The van der Waals surface area contributed by atoms with Crippen molar-refractivity contribution >= 4 is 66.4 Å². The van der Waals surface area contributed by atoms with Gasteiger partial charge in [0.15, 0.2) is 0 Å². The van der Waals surface area contributed by atoms with Gasteiger partial charge < -0.3 is 4.42 Å². The molecule has 0 radical (unpaired) electrons. The van der Waals surface area contributed by atoms with Crippen molar-refractivity contribution in [2.45, 2.75) is 6.92 Å². The second-order valence-corrected chi connectivity index (χ2v) is 14.0. The van der Waals surface area contributed by atoms with Gasteiger partial charge in [-0.3, -0.25) is 0 Å². The molecule has 0 spiro atoms. The summed E-state index contributed by atoms with van der Waals surface area (Å²) < 4.78 is 6.31. The fourth-order valence-electron chi connectivity index (χ4n) is 8.43. The maximum atomic E-state index is 6.31. The molecule has 54 heavy (non-hydrogen) atoms. The number of rotatable bonds is 6. The van der Waals surface area contributed by atoms with Crippen LogP contribution in [-0.2, 0) is 0 Å². The summed E-state index contributed by atoms with van der Waals surface area (Å²) >= 11 is 0. The fourth-order valence-corrected chi connectivity index (χ4v) is 8.43. The normalized spacial score (nSPS) is 11.8. The zero-order valence-corrected chi connectivity index (χ0v) is 30.0. The molecule has 9 aromatic carbocycles. The van der Waals surface area contributed by atoms with Crippen molar-refractivity contribution in [3.05, 3.63) is 194 Å². The predicted octanol–water partition coefficient (Wildman–Crippen LogP) is 15.4. The van der Waals surface area contributed by atoms with Crippen LogP contribution in [0.2, 0.25) is 0 Å². The van der Waals surface area contributed by atoms with Crippen LogP contribution in [0.15, 0.2) is 187 Å². The Morgan fingerprint density at radius 2 is 0.981 bits per heavy atom. The van der Waals surface area contributed by atoms with E-state index in [-0.39, 0.29) is 0 Å². The smallest absolute Gasteiger partial charge is 0.136 e. The van der Waals surface area contributed by atoms with Crippen molar-refractivity contribution in [3.8, 4) is 44.5 Å². The summed E-state index contributed by atoms with van der Waals surface area (Å²) in [5.74, 6) is 0. The average molecular weight is 689 g/mol. The van der Waals surface area contributed by atoms with Gasteiger partial charge in [0.2, 0.25) is 0 Å². The lowest BCUT2D eigenvalue weighted by Gasteiger charge is -2.18. The van der Waals surface area contributed by atoms with E-state index in [4.69, 9.17) is 4.42 Å². The Labute approximate surface area is 314 Å². The molecule has 1 aromatic heterocycles. The van der Waals surface area contributed by atoms with Gasteiger partial charge in [-0.05, 0) is 125 Å². The van der Waals surface area contributed by atoms with Gasteiger partial charge in [0.25, 0.3) is 0 Å². The molecule has 10 rings (SSSR count). The highest BCUT2D eigenvalue weighted by Crippen LogP contribution is 2.45. The molecule has 254 valence electrons. The Morgan fingerprint density at radius 3 is 1.69 bits per heavy atom. The second-order valence-electron chi connectivity index (χ2n) is 14.0. The third-order valence-corrected chi connectivity index (χ3v) is 10.9. The minimum Gasteiger partial charge on any atom is -0.456 e. The molecule has 1 heterocycles. The second kappa shape index (κ2) is 12.9. The van der Waals surface area contributed by atoms with E-state index in [1.54, 1.807) is 0 Å². The summed E-state index contributed by atoms with van der Waals surface area (Å²) in [6, 6.07) is 61.9.